The molecule has 1 amide bonds. The van der Waals surface area contributed by atoms with Gasteiger partial charge in [-0.15, -0.1) is 0 Å². The predicted molar refractivity (Wildman–Crippen MR) is 102 cm³/mol. The zero-order chi connectivity index (χ0) is 19.1. The van der Waals surface area contributed by atoms with Crippen LogP contribution in [0.3, 0.4) is 0 Å². The Morgan fingerprint density at radius 2 is 1.88 bits per heavy atom. The van der Waals surface area contributed by atoms with Crippen LogP contribution in [0.5, 0.6) is 0 Å². The van der Waals surface area contributed by atoms with Gasteiger partial charge in [-0.1, -0.05) is 0 Å². The van der Waals surface area contributed by atoms with E-state index in [-0.39, 0.29) is 26.2 Å². The summed E-state index contributed by atoms with van der Waals surface area (Å²) in [4.78, 5) is 24.8. The number of aromatic nitrogens is 1. The number of fused-ring (bicyclic) bond motifs is 1. The molecule has 26 heavy (non-hydrogen) atoms. The Labute approximate surface area is 159 Å². The Kier molecular flexibility index (Phi) is 5.01. The van der Waals surface area contributed by atoms with E-state index in [9.17, 15) is 14.8 Å². The van der Waals surface area contributed by atoms with Crippen LogP contribution < -0.4 is 10.9 Å². The van der Waals surface area contributed by atoms with Crippen LogP contribution >= 0.6 is 0 Å². The molecular formula is C19H24N3O3Se. The monoisotopic (exact) mass is 422 g/mol. The summed E-state index contributed by atoms with van der Waals surface area (Å²) in [6.07, 6.45) is 2.44. The summed E-state index contributed by atoms with van der Waals surface area (Å²) < 4.78 is 2.98. The van der Waals surface area contributed by atoms with Crippen LogP contribution in [0.1, 0.15) is 34.1 Å². The van der Waals surface area contributed by atoms with Crippen molar-refractivity contribution in [2.45, 2.75) is 51.7 Å². The molecule has 7 heteroatoms. The van der Waals surface area contributed by atoms with Gasteiger partial charge >= 0.3 is 159 Å². The molecule has 2 aromatic rings. The molecule has 0 saturated heterocycles. The second-order valence-electron chi connectivity index (χ2n) is 7.67. The Hall–Kier alpha value is -1.66. The van der Waals surface area contributed by atoms with E-state index in [1.54, 1.807) is 33.8 Å². The van der Waals surface area contributed by atoms with E-state index >= 15 is 0 Å². The molecule has 0 aliphatic carbocycles. The Morgan fingerprint density at radius 1 is 1.19 bits per heavy atom. The molecule has 2 heterocycles. The second kappa shape index (κ2) is 6.82. The van der Waals surface area contributed by atoms with Gasteiger partial charge in [-0.25, -0.2) is 0 Å². The van der Waals surface area contributed by atoms with Crippen molar-refractivity contribution in [3.63, 3.8) is 0 Å². The minimum atomic E-state index is -0.844. The Morgan fingerprint density at radius 3 is 2.50 bits per heavy atom. The quantitative estimate of drug-likeness (QED) is 0.590. The second-order valence-corrected chi connectivity index (χ2v) is 9.90. The number of amides is 1. The zero-order valence-electron chi connectivity index (χ0n) is 15.5. The van der Waals surface area contributed by atoms with Crippen molar-refractivity contribution in [3.05, 3.63) is 46.3 Å². The topological polar surface area (TPSA) is 74.2 Å². The van der Waals surface area contributed by atoms with Gasteiger partial charge in [0.1, 0.15) is 0 Å². The summed E-state index contributed by atoms with van der Waals surface area (Å²) in [7, 11) is 0. The maximum absolute atomic E-state index is 12.5. The summed E-state index contributed by atoms with van der Waals surface area (Å²) in [6, 6.07) is 7.70. The fourth-order valence-electron chi connectivity index (χ4n) is 3.45. The van der Waals surface area contributed by atoms with Crippen molar-refractivity contribution in [2.75, 3.05) is 6.54 Å². The fraction of sp³-hybridized carbons (Fsp3) is 0.474. The number of benzene rings is 1. The number of hydrogen-bond donors (Lipinski definition) is 1. The van der Waals surface area contributed by atoms with Crippen LogP contribution in [0.15, 0.2) is 40.7 Å². The average Bonchev–Trinajstić information content (AvgIpc) is 2.99. The molecule has 3 rings (SSSR count). The predicted octanol–water partition coefficient (Wildman–Crippen LogP) is 1.71. The molecule has 0 bridgehead atoms. The van der Waals surface area contributed by atoms with Gasteiger partial charge in [0.2, 0.25) is 0 Å². The molecule has 0 spiro atoms. The molecule has 1 aliphatic rings. The van der Waals surface area contributed by atoms with Gasteiger partial charge in [0.05, 0.1) is 0 Å². The summed E-state index contributed by atoms with van der Waals surface area (Å²) in [6.45, 7) is 8.24. The number of carbonyl (C=O) groups is 1. The van der Waals surface area contributed by atoms with E-state index in [2.05, 4.69) is 5.32 Å². The van der Waals surface area contributed by atoms with Gasteiger partial charge in [0, 0.05) is 0 Å². The molecule has 0 fully saturated rings. The van der Waals surface area contributed by atoms with Gasteiger partial charge in [0.15, 0.2) is 0 Å². The first-order valence-corrected chi connectivity index (χ1v) is 10.3. The third-order valence-corrected chi connectivity index (χ3v) is 7.16. The molecule has 1 aromatic carbocycles. The standard InChI is InChI=1S/C19H24N3O3Se/c1-18(2)12-14(19(3,4)22(18)25)16(23)20-10-7-11-21-17(24)13-8-5-6-9-15(13)26-21/h5-6,8-9,12H,7,10-11H2,1-4H3,(H,20,23). The molecule has 1 radical (unpaired) electrons. The van der Waals surface area contributed by atoms with Crippen molar-refractivity contribution in [1.29, 1.82) is 0 Å². The van der Waals surface area contributed by atoms with Gasteiger partial charge in [-0.2, -0.15) is 0 Å². The van der Waals surface area contributed by atoms with Gasteiger partial charge in [-0.05, 0) is 0 Å². The van der Waals surface area contributed by atoms with Crippen molar-refractivity contribution in [3.8, 4) is 0 Å². The summed E-state index contributed by atoms with van der Waals surface area (Å²) in [5.74, 6) is -0.206. The van der Waals surface area contributed by atoms with E-state index in [1.807, 2.05) is 27.8 Å². The van der Waals surface area contributed by atoms with E-state index < -0.39 is 11.1 Å². The van der Waals surface area contributed by atoms with Crippen LogP contribution in [-0.4, -0.2) is 46.9 Å². The van der Waals surface area contributed by atoms with Crippen LogP contribution in [-0.2, 0) is 16.5 Å². The SMILES string of the molecule is CC1(C)C=C(C(=O)NCCCn2[se]c3ccccc3c2=O)C(C)(C)N1[O]. The zero-order valence-corrected chi connectivity index (χ0v) is 17.2. The van der Waals surface area contributed by atoms with Crippen molar-refractivity contribution in [2.24, 2.45) is 0 Å². The van der Waals surface area contributed by atoms with Crippen LogP contribution in [0.2, 0.25) is 0 Å². The van der Waals surface area contributed by atoms with E-state index in [4.69, 9.17) is 0 Å². The van der Waals surface area contributed by atoms with Crippen LogP contribution in [0, 0.1) is 0 Å². The molecule has 0 saturated carbocycles. The first-order valence-electron chi connectivity index (χ1n) is 8.72. The number of rotatable bonds is 5. The van der Waals surface area contributed by atoms with Gasteiger partial charge in [-0.3, -0.25) is 0 Å². The molecule has 139 valence electrons. The number of hydrogen-bond acceptors (Lipinski definition) is 3. The van der Waals surface area contributed by atoms with Crippen molar-refractivity contribution < 1.29 is 10.0 Å². The molecule has 1 N–H and O–H groups in total. The van der Waals surface area contributed by atoms with Crippen LogP contribution in [0.25, 0.3) is 9.65 Å². The van der Waals surface area contributed by atoms with E-state index in [1.165, 1.54) is 0 Å². The van der Waals surface area contributed by atoms with Gasteiger partial charge < -0.3 is 0 Å². The number of aryl methyl sites for hydroxylation is 1. The maximum atomic E-state index is 12.5. The minimum absolute atomic E-state index is 0.0146. The average molecular weight is 421 g/mol. The molecule has 1 aromatic heterocycles. The third-order valence-electron chi connectivity index (χ3n) is 4.81. The molecule has 6 nitrogen and oxygen atoms in total. The van der Waals surface area contributed by atoms with Crippen molar-refractivity contribution >= 4 is 30.3 Å². The third kappa shape index (κ3) is 3.32. The Bertz CT molecular complexity index is 923. The number of carbonyl (C=O) groups excluding carboxylic acids is 1. The first-order chi connectivity index (χ1) is 12.1. The summed E-state index contributed by atoms with van der Waals surface area (Å²) in [5.41, 5.74) is -0.947. The number of nitrogens with zero attached hydrogens (tertiary/aromatic N) is 2. The van der Waals surface area contributed by atoms with Gasteiger partial charge in [0.25, 0.3) is 0 Å². The first kappa shape index (κ1) is 19.1. The number of nitrogens with one attached hydrogen (secondary N) is 1. The molecule has 0 unspecified atom stereocenters. The summed E-state index contributed by atoms with van der Waals surface area (Å²) >= 11 is 0.0146. The fourth-order valence-corrected chi connectivity index (χ4v) is 5.61. The molecule has 0 atom stereocenters. The van der Waals surface area contributed by atoms with E-state index in [0.29, 0.717) is 25.1 Å². The van der Waals surface area contributed by atoms with E-state index in [0.717, 1.165) is 14.7 Å². The van der Waals surface area contributed by atoms with Crippen molar-refractivity contribution in [1.82, 2.24) is 13.9 Å². The summed E-state index contributed by atoms with van der Waals surface area (Å²) in [5, 5.41) is 17.0. The van der Waals surface area contributed by atoms with Crippen LogP contribution in [0.4, 0.5) is 0 Å². The molecule has 1 aliphatic heterocycles. The normalized spacial score (nSPS) is 18.9. The Balaban J connectivity index is 1.59. The molecular weight excluding hydrogens is 397 g/mol. The number of hydroxylamine groups is 2.